The smallest absolute Gasteiger partial charge is 0.284 e. The maximum Gasteiger partial charge on any atom is 0.284 e. The van der Waals surface area contributed by atoms with Crippen molar-refractivity contribution in [2.75, 3.05) is 0 Å². The van der Waals surface area contributed by atoms with Crippen molar-refractivity contribution in [2.45, 2.75) is 71.3 Å². The summed E-state index contributed by atoms with van der Waals surface area (Å²) in [5.74, 6) is -0.259. The number of likely N-dealkylation sites (tertiary alicyclic amines) is 1. The van der Waals surface area contributed by atoms with E-state index in [1.165, 1.54) is 4.90 Å². The predicted molar refractivity (Wildman–Crippen MR) is 91.6 cm³/mol. The van der Waals surface area contributed by atoms with Gasteiger partial charge in [-0.3, -0.25) is 19.3 Å². The topological polar surface area (TPSA) is 93.6 Å². The predicted octanol–water partition coefficient (Wildman–Crippen LogP) is 2.89. The first-order chi connectivity index (χ1) is 11.6. The zero-order chi connectivity index (χ0) is 18.4. The third-order valence-corrected chi connectivity index (χ3v) is 5.38. The van der Waals surface area contributed by atoms with E-state index in [0.717, 1.165) is 25.7 Å². The molecule has 0 atom stereocenters. The first kappa shape index (κ1) is 17.7. The number of hydrogen-bond acceptors (Lipinski definition) is 4. The molecule has 1 aromatic heterocycles. The minimum atomic E-state index is -0.655. The maximum absolute atomic E-state index is 12.7. The summed E-state index contributed by atoms with van der Waals surface area (Å²) in [6.45, 7) is 5.99. The van der Waals surface area contributed by atoms with Crippen molar-refractivity contribution in [3.05, 3.63) is 23.2 Å². The summed E-state index contributed by atoms with van der Waals surface area (Å²) in [6.07, 6.45) is 4.98. The molecule has 0 bridgehead atoms. The number of furan rings is 1. The van der Waals surface area contributed by atoms with Gasteiger partial charge in [0.1, 0.15) is 5.76 Å². The average Bonchev–Trinajstić information content (AvgIpc) is 3.09. The number of nitrogens with two attached hydrogens (primary N) is 1. The van der Waals surface area contributed by atoms with Gasteiger partial charge in [-0.25, -0.2) is 0 Å². The lowest BCUT2D eigenvalue weighted by molar-refractivity contribution is -0.154. The van der Waals surface area contributed by atoms with Gasteiger partial charge in [0.2, 0.25) is 11.8 Å². The van der Waals surface area contributed by atoms with Crippen LogP contribution in [0, 0.1) is 5.41 Å². The number of nitrogens with zero attached hydrogens (tertiary/aromatic N) is 1. The van der Waals surface area contributed by atoms with Crippen LogP contribution in [-0.2, 0) is 21.5 Å². The summed E-state index contributed by atoms with van der Waals surface area (Å²) in [4.78, 5) is 38.1. The third-order valence-electron chi connectivity index (χ3n) is 5.38. The molecule has 0 radical (unpaired) electrons. The number of amides is 3. The Morgan fingerprint density at radius 2 is 1.76 bits per heavy atom. The molecule has 2 fully saturated rings. The van der Waals surface area contributed by atoms with Crippen molar-refractivity contribution in [3.8, 4) is 0 Å². The Hall–Kier alpha value is -2.11. The monoisotopic (exact) mass is 346 g/mol. The Bertz CT molecular complexity index is 700. The van der Waals surface area contributed by atoms with E-state index in [2.05, 4.69) is 0 Å². The number of primary amides is 1. The van der Waals surface area contributed by atoms with Crippen LogP contribution in [0.25, 0.3) is 0 Å². The quantitative estimate of drug-likeness (QED) is 0.852. The van der Waals surface area contributed by atoms with Crippen LogP contribution in [0.15, 0.2) is 10.5 Å². The fourth-order valence-corrected chi connectivity index (χ4v) is 4.16. The van der Waals surface area contributed by atoms with Gasteiger partial charge in [-0.05, 0) is 24.3 Å². The number of hydrogen-bond donors (Lipinski definition) is 1. The molecule has 1 aliphatic carbocycles. The van der Waals surface area contributed by atoms with E-state index < -0.39 is 5.91 Å². The van der Waals surface area contributed by atoms with Gasteiger partial charge in [-0.1, -0.05) is 33.6 Å². The summed E-state index contributed by atoms with van der Waals surface area (Å²) in [5, 5.41) is 0. The molecule has 1 aromatic rings. The van der Waals surface area contributed by atoms with E-state index in [1.54, 1.807) is 6.07 Å². The molecular weight excluding hydrogens is 320 g/mol. The highest BCUT2D eigenvalue weighted by molar-refractivity contribution is 5.98. The lowest BCUT2D eigenvalue weighted by Gasteiger charge is -2.37. The van der Waals surface area contributed by atoms with E-state index in [0.29, 0.717) is 24.2 Å². The number of imide groups is 1. The summed E-state index contributed by atoms with van der Waals surface area (Å²) in [5.41, 5.74) is 5.51. The SMILES string of the molecule is CC(C)(C)c1oc(C(N)=O)cc1CN1C(=O)CC2(CCCC2)CC1=O. The molecule has 2 heterocycles. The van der Waals surface area contributed by atoms with E-state index in [9.17, 15) is 14.4 Å². The van der Waals surface area contributed by atoms with Crippen LogP contribution in [0.1, 0.15) is 81.2 Å². The Morgan fingerprint density at radius 3 is 2.24 bits per heavy atom. The molecule has 2 aliphatic rings. The molecule has 136 valence electrons. The van der Waals surface area contributed by atoms with Crippen LogP contribution in [0.3, 0.4) is 0 Å². The Labute approximate surface area is 147 Å². The average molecular weight is 346 g/mol. The summed E-state index contributed by atoms with van der Waals surface area (Å²) in [6, 6.07) is 1.56. The van der Waals surface area contributed by atoms with Crippen molar-refractivity contribution in [1.29, 1.82) is 0 Å². The van der Waals surface area contributed by atoms with Gasteiger partial charge in [0.15, 0.2) is 5.76 Å². The minimum absolute atomic E-state index is 0.0593. The van der Waals surface area contributed by atoms with E-state index in [-0.39, 0.29) is 34.9 Å². The molecule has 2 N–H and O–H groups in total. The van der Waals surface area contributed by atoms with E-state index >= 15 is 0 Å². The number of rotatable bonds is 3. The molecule has 1 aliphatic heterocycles. The molecule has 3 amide bonds. The van der Waals surface area contributed by atoms with Crippen molar-refractivity contribution in [1.82, 2.24) is 4.90 Å². The minimum Gasteiger partial charge on any atom is -0.455 e. The van der Waals surface area contributed by atoms with Gasteiger partial charge in [0, 0.05) is 23.8 Å². The summed E-state index contributed by atoms with van der Waals surface area (Å²) in [7, 11) is 0. The lowest BCUT2D eigenvalue weighted by Crippen LogP contribution is -2.46. The Morgan fingerprint density at radius 1 is 1.20 bits per heavy atom. The second-order valence-electron chi connectivity index (χ2n) is 8.51. The zero-order valence-corrected chi connectivity index (χ0v) is 15.2. The number of carbonyl (C=O) groups excluding carboxylic acids is 3. The summed E-state index contributed by atoms with van der Waals surface area (Å²) >= 11 is 0. The van der Waals surface area contributed by atoms with Crippen LogP contribution in [0.2, 0.25) is 0 Å². The molecule has 25 heavy (non-hydrogen) atoms. The first-order valence-electron chi connectivity index (χ1n) is 8.87. The highest BCUT2D eigenvalue weighted by Crippen LogP contribution is 2.47. The largest absolute Gasteiger partial charge is 0.455 e. The van der Waals surface area contributed by atoms with Gasteiger partial charge in [-0.15, -0.1) is 0 Å². The molecular formula is C19H26N2O4. The Balaban J connectivity index is 1.86. The standard InChI is InChI=1S/C19H26N2O4/c1-18(2,3)16-12(8-13(25-16)17(20)24)11-21-14(22)9-19(10-15(21)23)6-4-5-7-19/h8H,4-7,9-11H2,1-3H3,(H2,20,24). The van der Waals surface area contributed by atoms with Crippen LogP contribution < -0.4 is 5.73 Å². The lowest BCUT2D eigenvalue weighted by atomic mass is 9.76. The molecule has 1 saturated heterocycles. The van der Waals surface area contributed by atoms with Crippen LogP contribution >= 0.6 is 0 Å². The van der Waals surface area contributed by atoms with Crippen molar-refractivity contribution in [2.24, 2.45) is 11.1 Å². The molecule has 1 spiro atoms. The van der Waals surface area contributed by atoms with E-state index in [4.69, 9.17) is 10.2 Å². The van der Waals surface area contributed by atoms with Crippen molar-refractivity contribution < 1.29 is 18.8 Å². The van der Waals surface area contributed by atoms with Crippen molar-refractivity contribution >= 4 is 17.7 Å². The van der Waals surface area contributed by atoms with Gasteiger partial charge >= 0.3 is 0 Å². The zero-order valence-electron chi connectivity index (χ0n) is 15.2. The van der Waals surface area contributed by atoms with Crippen LogP contribution in [0.5, 0.6) is 0 Å². The van der Waals surface area contributed by atoms with Gasteiger partial charge in [0.05, 0.1) is 6.54 Å². The second-order valence-corrected chi connectivity index (χ2v) is 8.51. The molecule has 0 unspecified atom stereocenters. The van der Waals surface area contributed by atoms with Crippen LogP contribution in [0.4, 0.5) is 0 Å². The normalized spacial score (nSPS) is 20.5. The molecule has 6 nitrogen and oxygen atoms in total. The number of carbonyl (C=O) groups is 3. The summed E-state index contributed by atoms with van der Waals surface area (Å²) < 4.78 is 5.62. The second kappa shape index (κ2) is 6.00. The van der Waals surface area contributed by atoms with Gasteiger partial charge in [0.25, 0.3) is 5.91 Å². The fraction of sp³-hybridized carbons (Fsp3) is 0.632. The van der Waals surface area contributed by atoms with Crippen molar-refractivity contribution in [3.63, 3.8) is 0 Å². The maximum atomic E-state index is 12.7. The highest BCUT2D eigenvalue weighted by Gasteiger charge is 2.45. The van der Waals surface area contributed by atoms with Gasteiger partial charge in [-0.2, -0.15) is 0 Å². The van der Waals surface area contributed by atoms with Crippen LogP contribution in [-0.4, -0.2) is 22.6 Å². The fourth-order valence-electron chi connectivity index (χ4n) is 4.16. The Kier molecular flexibility index (Phi) is 4.25. The molecule has 6 heteroatoms. The van der Waals surface area contributed by atoms with E-state index in [1.807, 2.05) is 20.8 Å². The molecule has 3 rings (SSSR count). The first-order valence-corrected chi connectivity index (χ1v) is 8.87. The van der Waals surface area contributed by atoms with Gasteiger partial charge < -0.3 is 10.2 Å². The highest BCUT2D eigenvalue weighted by atomic mass is 16.4. The molecule has 0 aromatic carbocycles. The third kappa shape index (κ3) is 3.34. The molecule has 1 saturated carbocycles. The number of piperidine rings is 1.